The maximum Gasteiger partial charge on any atom is 0.262 e. The standard InChI is InChI=1S/C21H28N2O5S/c1-5-23(6-2)29(25,26)17-13-12-16(4)18(14-17)22-21(24)15-28-20-11-9-8-10-19(20)27-7-3/h8-14H,5-7,15H2,1-4H3,(H,22,24). The molecule has 1 amide bonds. The normalized spacial score (nSPS) is 11.3. The lowest BCUT2D eigenvalue weighted by Gasteiger charge is -2.19. The molecule has 7 nitrogen and oxygen atoms in total. The number of ether oxygens (including phenoxy) is 2. The van der Waals surface area contributed by atoms with Crippen molar-refractivity contribution in [3.8, 4) is 11.5 Å². The smallest absolute Gasteiger partial charge is 0.262 e. The van der Waals surface area contributed by atoms with E-state index in [0.717, 1.165) is 5.56 Å². The molecule has 8 heteroatoms. The average Bonchev–Trinajstić information content (AvgIpc) is 2.70. The lowest BCUT2D eigenvalue weighted by molar-refractivity contribution is -0.118. The van der Waals surface area contributed by atoms with Crippen molar-refractivity contribution in [3.05, 3.63) is 48.0 Å². The topological polar surface area (TPSA) is 84.9 Å². The molecule has 0 spiro atoms. The van der Waals surface area contributed by atoms with Crippen LogP contribution in [0.2, 0.25) is 0 Å². The van der Waals surface area contributed by atoms with Crippen LogP contribution in [-0.4, -0.2) is 44.9 Å². The quantitative estimate of drug-likeness (QED) is 0.636. The number of carbonyl (C=O) groups is 1. The maximum atomic E-state index is 12.7. The number of hydrogen-bond acceptors (Lipinski definition) is 5. The number of benzene rings is 2. The zero-order valence-electron chi connectivity index (χ0n) is 17.3. The van der Waals surface area contributed by atoms with Gasteiger partial charge in [-0.1, -0.05) is 32.0 Å². The molecule has 0 heterocycles. The van der Waals surface area contributed by atoms with Gasteiger partial charge in [0.15, 0.2) is 18.1 Å². The van der Waals surface area contributed by atoms with E-state index in [2.05, 4.69) is 5.32 Å². The molecule has 1 N–H and O–H groups in total. The van der Waals surface area contributed by atoms with Crippen LogP contribution in [0.3, 0.4) is 0 Å². The van der Waals surface area contributed by atoms with Crippen molar-refractivity contribution in [1.29, 1.82) is 0 Å². The van der Waals surface area contributed by atoms with Crippen molar-refractivity contribution < 1.29 is 22.7 Å². The van der Waals surface area contributed by atoms with Crippen LogP contribution in [0.4, 0.5) is 5.69 Å². The molecule has 158 valence electrons. The van der Waals surface area contributed by atoms with E-state index in [1.165, 1.54) is 10.4 Å². The summed E-state index contributed by atoms with van der Waals surface area (Å²) in [5, 5.41) is 2.73. The minimum Gasteiger partial charge on any atom is -0.490 e. The molecule has 0 aliphatic heterocycles. The summed E-state index contributed by atoms with van der Waals surface area (Å²) in [6.45, 7) is 8.25. The first-order chi connectivity index (χ1) is 13.8. The number of sulfonamides is 1. The predicted molar refractivity (Wildman–Crippen MR) is 113 cm³/mol. The van der Waals surface area contributed by atoms with Gasteiger partial charge in [0.05, 0.1) is 11.5 Å². The van der Waals surface area contributed by atoms with Gasteiger partial charge in [-0.2, -0.15) is 4.31 Å². The van der Waals surface area contributed by atoms with Gasteiger partial charge in [-0.25, -0.2) is 8.42 Å². The first kappa shape index (κ1) is 22.7. The monoisotopic (exact) mass is 420 g/mol. The number of amides is 1. The number of hydrogen-bond donors (Lipinski definition) is 1. The highest BCUT2D eigenvalue weighted by molar-refractivity contribution is 7.89. The Hall–Kier alpha value is -2.58. The highest BCUT2D eigenvalue weighted by Crippen LogP contribution is 2.27. The fourth-order valence-electron chi connectivity index (χ4n) is 2.78. The number of nitrogens with one attached hydrogen (secondary N) is 1. The number of aryl methyl sites for hydroxylation is 1. The van der Waals surface area contributed by atoms with Crippen molar-refractivity contribution in [2.45, 2.75) is 32.6 Å². The van der Waals surface area contributed by atoms with Crippen molar-refractivity contribution in [2.75, 3.05) is 31.6 Å². The highest BCUT2D eigenvalue weighted by Gasteiger charge is 2.22. The van der Waals surface area contributed by atoms with Gasteiger partial charge < -0.3 is 14.8 Å². The lowest BCUT2D eigenvalue weighted by Crippen LogP contribution is -2.30. The van der Waals surface area contributed by atoms with E-state index in [-0.39, 0.29) is 11.5 Å². The average molecular weight is 421 g/mol. The summed E-state index contributed by atoms with van der Waals surface area (Å²) in [7, 11) is -3.61. The van der Waals surface area contributed by atoms with E-state index < -0.39 is 15.9 Å². The molecule has 0 aliphatic carbocycles. The van der Waals surface area contributed by atoms with Gasteiger partial charge in [0, 0.05) is 18.8 Å². The minimum atomic E-state index is -3.61. The molecular formula is C21H28N2O5S. The third kappa shape index (κ3) is 5.71. The molecule has 0 unspecified atom stereocenters. The molecule has 2 aromatic rings. The molecule has 0 bridgehead atoms. The van der Waals surface area contributed by atoms with Gasteiger partial charge >= 0.3 is 0 Å². The Morgan fingerprint density at radius 1 is 1.00 bits per heavy atom. The van der Waals surface area contributed by atoms with Crippen LogP contribution in [0.5, 0.6) is 11.5 Å². The number of carbonyl (C=O) groups excluding carboxylic acids is 1. The summed E-state index contributed by atoms with van der Waals surface area (Å²) in [5.74, 6) is 0.641. The van der Waals surface area contributed by atoms with Crippen LogP contribution in [0.15, 0.2) is 47.4 Å². The van der Waals surface area contributed by atoms with Crippen LogP contribution < -0.4 is 14.8 Å². The van der Waals surface area contributed by atoms with E-state index in [4.69, 9.17) is 9.47 Å². The summed E-state index contributed by atoms with van der Waals surface area (Å²) >= 11 is 0. The zero-order chi connectivity index (χ0) is 21.4. The first-order valence-corrected chi connectivity index (χ1v) is 11.0. The second kappa shape index (κ2) is 10.3. The number of rotatable bonds is 10. The van der Waals surface area contributed by atoms with Crippen LogP contribution >= 0.6 is 0 Å². The van der Waals surface area contributed by atoms with Crippen molar-refractivity contribution in [2.24, 2.45) is 0 Å². The molecule has 0 saturated carbocycles. The predicted octanol–water partition coefficient (Wildman–Crippen LogP) is 3.44. The van der Waals surface area contributed by atoms with Crippen molar-refractivity contribution in [1.82, 2.24) is 4.31 Å². The molecule has 0 fully saturated rings. The first-order valence-electron chi connectivity index (χ1n) is 9.58. The third-order valence-corrected chi connectivity index (χ3v) is 6.38. The Morgan fingerprint density at radius 3 is 2.21 bits per heavy atom. The fraction of sp³-hybridized carbons (Fsp3) is 0.381. The minimum absolute atomic E-state index is 0.143. The van der Waals surface area contributed by atoms with Gasteiger partial charge in [0.25, 0.3) is 5.91 Å². The molecule has 0 atom stereocenters. The SMILES string of the molecule is CCOc1ccccc1OCC(=O)Nc1cc(S(=O)(=O)N(CC)CC)ccc1C. The molecule has 0 saturated heterocycles. The number of nitrogens with zero attached hydrogens (tertiary/aromatic N) is 1. The van der Waals surface area contributed by atoms with Gasteiger partial charge in [-0.15, -0.1) is 0 Å². The Morgan fingerprint density at radius 2 is 1.62 bits per heavy atom. The molecule has 0 aliphatic rings. The van der Waals surface area contributed by atoms with Crippen LogP contribution in [0.1, 0.15) is 26.3 Å². The van der Waals surface area contributed by atoms with Crippen LogP contribution in [-0.2, 0) is 14.8 Å². The molecular weight excluding hydrogens is 392 g/mol. The van der Waals surface area contributed by atoms with Crippen molar-refractivity contribution in [3.63, 3.8) is 0 Å². The highest BCUT2D eigenvalue weighted by atomic mass is 32.2. The van der Waals surface area contributed by atoms with Gasteiger partial charge in [0.2, 0.25) is 10.0 Å². The summed E-state index contributed by atoms with van der Waals surface area (Å²) in [4.78, 5) is 12.5. The van der Waals surface area contributed by atoms with E-state index in [0.29, 0.717) is 36.9 Å². The summed E-state index contributed by atoms with van der Waals surface area (Å²) < 4.78 is 37.9. The summed E-state index contributed by atoms with van der Waals surface area (Å²) in [5.41, 5.74) is 1.19. The van der Waals surface area contributed by atoms with Crippen LogP contribution in [0, 0.1) is 6.92 Å². The number of para-hydroxylation sites is 2. The van der Waals surface area contributed by atoms with Gasteiger partial charge in [-0.3, -0.25) is 4.79 Å². The second-order valence-corrected chi connectivity index (χ2v) is 8.22. The molecule has 2 aromatic carbocycles. The zero-order valence-corrected chi connectivity index (χ0v) is 18.1. The number of anilines is 1. The largest absolute Gasteiger partial charge is 0.490 e. The van der Waals surface area contributed by atoms with Crippen LogP contribution in [0.25, 0.3) is 0 Å². The van der Waals surface area contributed by atoms with E-state index >= 15 is 0 Å². The Kier molecular flexibility index (Phi) is 8.04. The summed E-state index contributed by atoms with van der Waals surface area (Å²) in [6, 6.07) is 11.8. The maximum absolute atomic E-state index is 12.7. The molecule has 0 aromatic heterocycles. The molecule has 0 radical (unpaired) electrons. The lowest BCUT2D eigenvalue weighted by atomic mass is 10.2. The Balaban J connectivity index is 2.13. The molecule has 29 heavy (non-hydrogen) atoms. The van der Waals surface area contributed by atoms with E-state index in [1.54, 1.807) is 51.1 Å². The Bertz CT molecular complexity index is 940. The van der Waals surface area contributed by atoms with Crippen molar-refractivity contribution >= 4 is 21.6 Å². The molecule has 2 rings (SSSR count). The fourth-order valence-corrected chi connectivity index (χ4v) is 4.27. The van der Waals surface area contributed by atoms with Gasteiger partial charge in [0.1, 0.15) is 0 Å². The third-order valence-electron chi connectivity index (χ3n) is 4.33. The van der Waals surface area contributed by atoms with Gasteiger partial charge in [-0.05, 0) is 43.7 Å². The van der Waals surface area contributed by atoms with E-state index in [9.17, 15) is 13.2 Å². The Labute approximate surface area is 172 Å². The van der Waals surface area contributed by atoms with E-state index in [1.807, 2.05) is 13.0 Å². The summed E-state index contributed by atoms with van der Waals surface area (Å²) in [6.07, 6.45) is 0. The second-order valence-electron chi connectivity index (χ2n) is 6.28.